The Morgan fingerprint density at radius 2 is 2.25 bits per heavy atom. The summed E-state index contributed by atoms with van der Waals surface area (Å²) < 4.78 is 0. The van der Waals surface area contributed by atoms with Crippen molar-refractivity contribution < 1.29 is 9.59 Å². The molecule has 5 heteroatoms. The van der Waals surface area contributed by atoms with Gasteiger partial charge in [-0.3, -0.25) is 14.9 Å². The molecule has 4 nitrogen and oxygen atoms in total. The first-order chi connectivity index (χ1) is 9.67. The number of nitrogens with zero attached hydrogens (tertiary/aromatic N) is 1. The van der Waals surface area contributed by atoms with Crippen molar-refractivity contribution in [2.75, 3.05) is 18.0 Å². The van der Waals surface area contributed by atoms with Gasteiger partial charge in [0.1, 0.15) is 0 Å². The van der Waals surface area contributed by atoms with E-state index in [0.717, 1.165) is 43.3 Å². The van der Waals surface area contributed by atoms with Gasteiger partial charge in [0.05, 0.1) is 4.91 Å². The number of fused-ring (bicyclic) bond motifs is 1. The highest BCUT2D eigenvalue weighted by Gasteiger charge is 2.25. The van der Waals surface area contributed by atoms with Crippen molar-refractivity contribution in [2.45, 2.75) is 19.8 Å². The lowest BCUT2D eigenvalue weighted by atomic mass is 9.99. The normalized spacial score (nSPS) is 20.2. The molecule has 0 aromatic heterocycles. The van der Waals surface area contributed by atoms with Crippen molar-refractivity contribution in [1.82, 2.24) is 5.32 Å². The summed E-state index contributed by atoms with van der Waals surface area (Å²) in [6, 6.07) is 6.25. The molecule has 0 radical (unpaired) electrons. The van der Waals surface area contributed by atoms with E-state index >= 15 is 0 Å². The van der Waals surface area contributed by atoms with Crippen LogP contribution >= 0.6 is 11.8 Å². The fourth-order valence-electron chi connectivity index (χ4n) is 2.69. The Bertz CT molecular complexity index is 610. The zero-order valence-electron chi connectivity index (χ0n) is 11.3. The number of imide groups is 1. The van der Waals surface area contributed by atoms with Crippen LogP contribution in [0.4, 0.5) is 10.5 Å². The van der Waals surface area contributed by atoms with E-state index in [-0.39, 0.29) is 11.1 Å². The van der Waals surface area contributed by atoms with E-state index < -0.39 is 0 Å². The largest absolute Gasteiger partial charge is 0.372 e. The molecule has 104 valence electrons. The predicted octanol–water partition coefficient (Wildman–Crippen LogP) is 2.78. The van der Waals surface area contributed by atoms with Crippen molar-refractivity contribution >= 4 is 34.7 Å². The van der Waals surface area contributed by atoms with E-state index in [2.05, 4.69) is 29.3 Å². The van der Waals surface area contributed by atoms with Crippen LogP contribution in [-0.2, 0) is 11.2 Å². The molecule has 1 saturated heterocycles. The maximum atomic E-state index is 11.5. The molecular weight excluding hydrogens is 272 g/mol. The second-order valence-corrected chi connectivity index (χ2v) is 5.94. The lowest BCUT2D eigenvalue weighted by Gasteiger charge is -2.30. The summed E-state index contributed by atoms with van der Waals surface area (Å²) in [5, 5.41) is 1.98. The number of hydrogen-bond donors (Lipinski definition) is 1. The highest BCUT2D eigenvalue weighted by atomic mass is 32.2. The molecule has 0 aliphatic carbocycles. The molecule has 0 spiro atoms. The fourth-order valence-corrected chi connectivity index (χ4v) is 3.37. The Morgan fingerprint density at radius 3 is 2.95 bits per heavy atom. The molecule has 2 amide bonds. The molecule has 2 aliphatic rings. The number of hydrogen-bond acceptors (Lipinski definition) is 4. The Kier molecular flexibility index (Phi) is 3.53. The van der Waals surface area contributed by atoms with Crippen molar-refractivity contribution in [3.63, 3.8) is 0 Å². The number of aryl methyl sites for hydroxylation is 1. The van der Waals surface area contributed by atoms with E-state index in [1.807, 2.05) is 6.07 Å². The van der Waals surface area contributed by atoms with Crippen LogP contribution in [0, 0.1) is 0 Å². The Hall–Kier alpha value is -1.75. The van der Waals surface area contributed by atoms with Crippen LogP contribution in [0.2, 0.25) is 0 Å². The Balaban J connectivity index is 1.91. The smallest absolute Gasteiger partial charge is 0.290 e. The number of benzene rings is 1. The molecule has 20 heavy (non-hydrogen) atoms. The predicted molar refractivity (Wildman–Crippen MR) is 81.8 cm³/mol. The summed E-state index contributed by atoms with van der Waals surface area (Å²) in [5.74, 6) is -0.298. The molecule has 1 aromatic rings. The van der Waals surface area contributed by atoms with Crippen molar-refractivity contribution in [3.8, 4) is 0 Å². The third-order valence-electron chi connectivity index (χ3n) is 3.64. The second-order valence-electron chi connectivity index (χ2n) is 4.92. The van der Waals surface area contributed by atoms with Gasteiger partial charge < -0.3 is 4.90 Å². The Morgan fingerprint density at radius 1 is 1.40 bits per heavy atom. The van der Waals surface area contributed by atoms with E-state index in [0.29, 0.717) is 4.91 Å². The fraction of sp³-hybridized carbons (Fsp3) is 0.333. The third-order valence-corrected chi connectivity index (χ3v) is 4.45. The van der Waals surface area contributed by atoms with E-state index in [9.17, 15) is 9.59 Å². The molecule has 1 fully saturated rings. The minimum absolute atomic E-state index is 0.295. The molecule has 1 aromatic carbocycles. The highest BCUT2D eigenvalue weighted by molar-refractivity contribution is 8.18. The number of amides is 2. The summed E-state index contributed by atoms with van der Waals surface area (Å²) in [6.07, 6.45) is 4.02. The average Bonchev–Trinajstić information content (AvgIpc) is 2.76. The van der Waals surface area contributed by atoms with Gasteiger partial charge in [-0.2, -0.15) is 0 Å². The third kappa shape index (κ3) is 2.45. The number of nitrogens with one attached hydrogen (secondary N) is 1. The molecule has 1 N–H and O–H groups in total. The van der Waals surface area contributed by atoms with Gasteiger partial charge in [-0.25, -0.2) is 0 Å². The maximum Gasteiger partial charge on any atom is 0.290 e. The van der Waals surface area contributed by atoms with Gasteiger partial charge in [-0.15, -0.1) is 0 Å². The van der Waals surface area contributed by atoms with Gasteiger partial charge in [-0.05, 0) is 60.9 Å². The van der Waals surface area contributed by atoms with Crippen molar-refractivity contribution in [1.29, 1.82) is 0 Å². The van der Waals surface area contributed by atoms with Gasteiger partial charge in [0.15, 0.2) is 0 Å². The zero-order chi connectivity index (χ0) is 14.1. The summed E-state index contributed by atoms with van der Waals surface area (Å²) in [7, 11) is 0. The summed E-state index contributed by atoms with van der Waals surface area (Å²) >= 11 is 0.962. The molecule has 0 unspecified atom stereocenters. The van der Waals surface area contributed by atoms with Crippen LogP contribution in [0.3, 0.4) is 0 Å². The van der Waals surface area contributed by atoms with Gasteiger partial charge in [0, 0.05) is 18.8 Å². The van der Waals surface area contributed by atoms with Crippen LogP contribution in [0.5, 0.6) is 0 Å². The number of rotatable bonds is 2. The van der Waals surface area contributed by atoms with Gasteiger partial charge in [-0.1, -0.05) is 6.07 Å². The van der Waals surface area contributed by atoms with E-state index in [4.69, 9.17) is 0 Å². The van der Waals surface area contributed by atoms with E-state index in [1.54, 1.807) is 6.08 Å². The number of thioether (sulfide) groups is 1. The summed E-state index contributed by atoms with van der Waals surface area (Å²) in [5.41, 5.74) is 3.59. The lowest BCUT2D eigenvalue weighted by Crippen LogP contribution is -2.28. The van der Waals surface area contributed by atoms with E-state index in [1.165, 1.54) is 11.3 Å². The standard InChI is InChI=1S/C15H16N2O2S/c1-2-17-7-3-4-11-8-10(5-6-12(11)17)9-13-14(18)16-15(19)20-13/h5-6,8-9H,2-4,7H2,1H3,(H,16,18,19)/b13-9-. The highest BCUT2D eigenvalue weighted by Crippen LogP contribution is 2.30. The first-order valence-electron chi connectivity index (χ1n) is 6.80. The molecule has 0 atom stereocenters. The van der Waals surface area contributed by atoms with Gasteiger partial charge in [0.25, 0.3) is 11.1 Å². The van der Waals surface area contributed by atoms with Crippen LogP contribution in [-0.4, -0.2) is 24.2 Å². The quantitative estimate of drug-likeness (QED) is 0.850. The van der Waals surface area contributed by atoms with Crippen LogP contribution in [0.25, 0.3) is 6.08 Å². The average molecular weight is 288 g/mol. The van der Waals surface area contributed by atoms with Crippen LogP contribution in [0.15, 0.2) is 23.1 Å². The SMILES string of the molecule is CCN1CCCc2cc(/C=C3\SC(=O)NC3=O)ccc21. The molecule has 0 saturated carbocycles. The zero-order valence-corrected chi connectivity index (χ0v) is 12.1. The monoisotopic (exact) mass is 288 g/mol. The second kappa shape index (κ2) is 5.32. The van der Waals surface area contributed by atoms with Gasteiger partial charge in [0.2, 0.25) is 0 Å². The van der Waals surface area contributed by atoms with Crippen molar-refractivity contribution in [3.05, 3.63) is 34.2 Å². The lowest BCUT2D eigenvalue weighted by molar-refractivity contribution is -0.115. The summed E-state index contributed by atoms with van der Waals surface area (Å²) in [4.78, 5) is 25.5. The number of carbonyl (C=O) groups is 2. The minimum Gasteiger partial charge on any atom is -0.372 e. The van der Waals surface area contributed by atoms with Gasteiger partial charge >= 0.3 is 0 Å². The van der Waals surface area contributed by atoms with Crippen molar-refractivity contribution in [2.24, 2.45) is 0 Å². The first kappa shape index (κ1) is 13.2. The molecule has 2 heterocycles. The van der Waals surface area contributed by atoms with Crippen LogP contribution in [0.1, 0.15) is 24.5 Å². The first-order valence-corrected chi connectivity index (χ1v) is 7.62. The molecule has 3 rings (SSSR count). The summed E-state index contributed by atoms with van der Waals surface area (Å²) in [6.45, 7) is 4.28. The maximum absolute atomic E-state index is 11.5. The Labute approximate surface area is 122 Å². The van der Waals surface area contributed by atoms with Crippen LogP contribution < -0.4 is 10.2 Å². The molecule has 0 bridgehead atoms. The molecular formula is C15H16N2O2S. The topological polar surface area (TPSA) is 49.4 Å². The number of anilines is 1. The number of carbonyl (C=O) groups excluding carboxylic acids is 2. The minimum atomic E-state index is -0.298. The molecule has 2 aliphatic heterocycles.